The molecule has 40 heavy (non-hydrogen) atoms. The van der Waals surface area contributed by atoms with E-state index in [2.05, 4.69) is 10.3 Å². The fourth-order valence-electron chi connectivity index (χ4n) is 5.68. The number of aryl methyl sites for hydroxylation is 2. The van der Waals surface area contributed by atoms with Crippen LogP contribution in [0.25, 0.3) is 21.2 Å². The highest BCUT2D eigenvalue weighted by Gasteiger charge is 2.33. The summed E-state index contributed by atoms with van der Waals surface area (Å²) in [5.41, 5.74) is 4.69. The molecule has 210 valence electrons. The van der Waals surface area contributed by atoms with Gasteiger partial charge in [-0.1, -0.05) is 17.7 Å². The largest absolute Gasteiger partial charge is 0.496 e. The molecule has 1 fully saturated rings. The van der Waals surface area contributed by atoms with Gasteiger partial charge in [0.05, 0.1) is 22.2 Å². The molecule has 5 nitrogen and oxygen atoms in total. The number of nitrogens with one attached hydrogen (secondary N) is 1. The highest BCUT2D eigenvalue weighted by molar-refractivity contribution is 7.21. The van der Waals surface area contributed by atoms with E-state index in [9.17, 15) is 13.6 Å². The van der Waals surface area contributed by atoms with Gasteiger partial charge in [0.1, 0.15) is 22.3 Å². The van der Waals surface area contributed by atoms with Crippen LogP contribution in [0.2, 0.25) is 5.02 Å². The molecule has 0 unspecified atom stereocenters. The SMILES string of the molecule is CN[C@H]1CC[C@H](N(Cc2cc(-c3cc(C)nc(C)c3)ccc2OC)C(=O)c2sc3c(F)ccc(F)c3c2Cl)CC1. The van der Waals surface area contributed by atoms with Crippen LogP contribution < -0.4 is 10.1 Å². The number of methoxy groups -OCH3 is 1. The third kappa shape index (κ3) is 5.57. The lowest BCUT2D eigenvalue weighted by Crippen LogP contribution is -2.44. The number of fused-ring (bicyclic) bond motifs is 1. The summed E-state index contributed by atoms with van der Waals surface area (Å²) in [6, 6.07) is 12.4. The van der Waals surface area contributed by atoms with E-state index in [1.807, 2.05) is 56.1 Å². The van der Waals surface area contributed by atoms with Crippen molar-refractivity contribution in [3.63, 3.8) is 0 Å². The van der Waals surface area contributed by atoms with E-state index in [0.29, 0.717) is 11.8 Å². The van der Waals surface area contributed by atoms with Gasteiger partial charge in [0.2, 0.25) is 0 Å². The molecule has 9 heteroatoms. The third-order valence-corrected chi connectivity index (χ3v) is 9.39. The number of hydrogen-bond donors (Lipinski definition) is 1. The summed E-state index contributed by atoms with van der Waals surface area (Å²) in [6.07, 6.45) is 3.43. The third-order valence-electron chi connectivity index (χ3n) is 7.72. The number of nitrogens with zero attached hydrogens (tertiary/aromatic N) is 2. The minimum Gasteiger partial charge on any atom is -0.496 e. The van der Waals surface area contributed by atoms with Crippen molar-refractivity contribution in [1.29, 1.82) is 0 Å². The van der Waals surface area contributed by atoms with Crippen LogP contribution in [0.15, 0.2) is 42.5 Å². The van der Waals surface area contributed by atoms with E-state index >= 15 is 0 Å². The van der Waals surface area contributed by atoms with Crippen LogP contribution in [0.5, 0.6) is 5.75 Å². The molecule has 0 aliphatic heterocycles. The smallest absolute Gasteiger partial charge is 0.266 e. The zero-order valence-corrected chi connectivity index (χ0v) is 24.6. The molecular weight excluding hydrogens is 552 g/mol. The minimum absolute atomic E-state index is 0.0423. The Balaban J connectivity index is 1.57. The zero-order valence-electron chi connectivity index (χ0n) is 23.0. The Kier molecular flexibility index (Phi) is 8.40. The zero-order chi connectivity index (χ0) is 28.6. The average Bonchev–Trinajstić information content (AvgIpc) is 3.31. The quantitative estimate of drug-likeness (QED) is 0.242. The van der Waals surface area contributed by atoms with Crippen molar-refractivity contribution in [3.05, 3.63) is 81.0 Å². The molecule has 0 radical (unpaired) electrons. The van der Waals surface area contributed by atoms with Crippen LogP contribution in [0, 0.1) is 25.5 Å². The number of halogens is 3. The van der Waals surface area contributed by atoms with Gasteiger partial charge in [0.25, 0.3) is 5.91 Å². The average molecular weight is 584 g/mol. The maximum atomic E-state index is 14.7. The first-order chi connectivity index (χ1) is 19.2. The second kappa shape index (κ2) is 11.8. The summed E-state index contributed by atoms with van der Waals surface area (Å²) >= 11 is 7.48. The summed E-state index contributed by atoms with van der Waals surface area (Å²) in [5.74, 6) is -0.913. The lowest BCUT2D eigenvalue weighted by atomic mass is 9.89. The van der Waals surface area contributed by atoms with Gasteiger partial charge in [-0.05, 0) is 94.1 Å². The Bertz CT molecular complexity index is 1550. The van der Waals surface area contributed by atoms with Crippen molar-refractivity contribution in [2.75, 3.05) is 14.2 Å². The normalized spacial score (nSPS) is 17.3. The number of rotatable bonds is 7. The molecule has 1 amide bonds. The molecule has 2 aromatic carbocycles. The number of amides is 1. The van der Waals surface area contributed by atoms with Gasteiger partial charge in [-0.25, -0.2) is 8.78 Å². The molecule has 1 aliphatic carbocycles. The van der Waals surface area contributed by atoms with Gasteiger partial charge < -0.3 is 15.0 Å². The highest BCUT2D eigenvalue weighted by atomic mass is 35.5. The maximum absolute atomic E-state index is 14.7. The van der Waals surface area contributed by atoms with Gasteiger partial charge in [-0.2, -0.15) is 0 Å². The van der Waals surface area contributed by atoms with Gasteiger partial charge >= 0.3 is 0 Å². The number of benzene rings is 2. The molecule has 4 aromatic rings. The molecule has 2 aromatic heterocycles. The van der Waals surface area contributed by atoms with E-state index in [4.69, 9.17) is 16.3 Å². The molecule has 5 rings (SSSR count). The molecule has 1 saturated carbocycles. The Morgan fingerprint density at radius 1 is 1.05 bits per heavy atom. The van der Waals surface area contributed by atoms with E-state index in [0.717, 1.165) is 77.2 Å². The lowest BCUT2D eigenvalue weighted by molar-refractivity contribution is 0.0604. The fraction of sp³-hybridized carbons (Fsp3) is 0.355. The summed E-state index contributed by atoms with van der Waals surface area (Å²) in [7, 11) is 3.56. The number of ether oxygens (including phenoxy) is 1. The van der Waals surface area contributed by atoms with Gasteiger partial charge in [0.15, 0.2) is 0 Å². The molecule has 0 saturated heterocycles. The van der Waals surface area contributed by atoms with Crippen molar-refractivity contribution in [1.82, 2.24) is 15.2 Å². The Morgan fingerprint density at radius 3 is 2.35 bits per heavy atom. The first-order valence-electron chi connectivity index (χ1n) is 13.4. The van der Waals surface area contributed by atoms with Gasteiger partial charge in [-0.3, -0.25) is 9.78 Å². The second-order valence-corrected chi connectivity index (χ2v) is 11.8. The van der Waals surface area contributed by atoms with E-state index in [1.54, 1.807) is 7.11 Å². The molecule has 1 aliphatic rings. The first kappa shape index (κ1) is 28.5. The van der Waals surface area contributed by atoms with Crippen molar-refractivity contribution in [2.45, 2.75) is 58.2 Å². The number of thiophene rings is 1. The van der Waals surface area contributed by atoms with Crippen LogP contribution >= 0.6 is 22.9 Å². The van der Waals surface area contributed by atoms with Gasteiger partial charge in [-0.15, -0.1) is 11.3 Å². The van der Waals surface area contributed by atoms with Gasteiger partial charge in [0, 0.05) is 35.6 Å². The second-order valence-electron chi connectivity index (χ2n) is 10.4. The van der Waals surface area contributed by atoms with Crippen molar-refractivity contribution < 1.29 is 18.3 Å². The molecule has 0 spiro atoms. The number of pyridine rings is 1. The topological polar surface area (TPSA) is 54.5 Å². The summed E-state index contributed by atoms with van der Waals surface area (Å²) < 4.78 is 35.0. The molecule has 0 bridgehead atoms. The number of carbonyl (C=O) groups is 1. The molecule has 2 heterocycles. The number of aromatic nitrogens is 1. The van der Waals surface area contributed by atoms with E-state index in [-0.39, 0.29) is 38.5 Å². The number of hydrogen-bond acceptors (Lipinski definition) is 5. The Morgan fingerprint density at radius 2 is 1.73 bits per heavy atom. The van der Waals surface area contributed by atoms with Crippen LogP contribution in [0.4, 0.5) is 8.78 Å². The molecule has 0 atom stereocenters. The van der Waals surface area contributed by atoms with E-state index < -0.39 is 11.6 Å². The van der Waals surface area contributed by atoms with Crippen LogP contribution in [-0.4, -0.2) is 42.0 Å². The Hall–Kier alpha value is -3.07. The van der Waals surface area contributed by atoms with Crippen molar-refractivity contribution >= 4 is 38.9 Å². The summed E-state index contributed by atoms with van der Waals surface area (Å²) in [4.78, 5) is 20.6. The van der Waals surface area contributed by atoms with E-state index in [1.165, 1.54) is 0 Å². The summed E-state index contributed by atoms with van der Waals surface area (Å²) in [5, 5.41) is 3.25. The number of carbonyl (C=O) groups excluding carboxylic acids is 1. The predicted octanol–water partition coefficient (Wildman–Crippen LogP) is 7.69. The van der Waals surface area contributed by atoms with Crippen LogP contribution in [-0.2, 0) is 6.54 Å². The standard InChI is InChI=1S/C31H32ClF2N3O2S/c1-17-13-20(14-18(2)36-17)19-5-12-26(39-4)21(15-19)16-37(23-8-6-22(35-3)7-9-23)31(38)30-28(32)27-24(33)10-11-25(34)29(27)40-30/h5,10-15,22-23,35H,6-9,16H2,1-4H3/t22-,23-. The first-order valence-corrected chi connectivity index (χ1v) is 14.6. The van der Waals surface area contributed by atoms with Crippen molar-refractivity contribution in [2.24, 2.45) is 0 Å². The van der Waals surface area contributed by atoms with Crippen molar-refractivity contribution in [3.8, 4) is 16.9 Å². The maximum Gasteiger partial charge on any atom is 0.266 e. The van der Waals surface area contributed by atoms with Crippen LogP contribution in [0.3, 0.4) is 0 Å². The highest BCUT2D eigenvalue weighted by Crippen LogP contribution is 2.40. The monoisotopic (exact) mass is 583 g/mol. The Labute approximate surface area is 242 Å². The molecule has 1 N–H and O–H groups in total. The fourth-order valence-corrected chi connectivity index (χ4v) is 7.18. The lowest BCUT2D eigenvalue weighted by Gasteiger charge is -2.37. The summed E-state index contributed by atoms with van der Waals surface area (Å²) in [6.45, 7) is 4.19. The predicted molar refractivity (Wildman–Crippen MR) is 157 cm³/mol. The molecular formula is C31H32ClF2N3O2S. The minimum atomic E-state index is -0.643. The van der Waals surface area contributed by atoms with Crippen LogP contribution in [0.1, 0.15) is 52.3 Å².